The monoisotopic (exact) mass is 262 g/mol. The van der Waals surface area contributed by atoms with Crippen LogP contribution in [-0.2, 0) is 11.2 Å². The number of hydrogen-bond donors (Lipinski definition) is 1. The quantitative estimate of drug-likeness (QED) is 0.887. The average Bonchev–Trinajstić information content (AvgIpc) is 2.85. The fourth-order valence-corrected chi connectivity index (χ4v) is 1.68. The number of aryl methyl sites for hydroxylation is 2. The zero-order valence-electron chi connectivity index (χ0n) is 10.7. The van der Waals surface area contributed by atoms with Crippen LogP contribution in [0.15, 0.2) is 22.7 Å². The van der Waals surface area contributed by atoms with E-state index in [9.17, 15) is 4.79 Å². The molecule has 0 atom stereocenters. The van der Waals surface area contributed by atoms with Gasteiger partial charge in [-0.3, -0.25) is 4.79 Å². The second kappa shape index (κ2) is 5.51. The maximum Gasteiger partial charge on any atom is 0.303 e. The van der Waals surface area contributed by atoms with Crippen molar-refractivity contribution in [1.29, 1.82) is 0 Å². The van der Waals surface area contributed by atoms with Gasteiger partial charge in [-0.15, -0.1) is 0 Å². The minimum Gasteiger partial charge on any atom is -0.496 e. The maximum atomic E-state index is 10.5. The summed E-state index contributed by atoms with van der Waals surface area (Å²) in [6.45, 7) is 1.95. The number of aliphatic carboxylic acids is 1. The van der Waals surface area contributed by atoms with Gasteiger partial charge in [-0.05, 0) is 19.1 Å². The Morgan fingerprint density at radius 3 is 2.95 bits per heavy atom. The van der Waals surface area contributed by atoms with Crippen LogP contribution in [0.1, 0.15) is 17.9 Å². The Morgan fingerprint density at radius 2 is 2.26 bits per heavy atom. The number of rotatable bonds is 5. The van der Waals surface area contributed by atoms with E-state index in [-0.39, 0.29) is 12.8 Å². The number of nitrogens with zero attached hydrogens (tertiary/aromatic N) is 2. The lowest BCUT2D eigenvalue weighted by atomic mass is 10.1. The molecule has 0 saturated carbocycles. The van der Waals surface area contributed by atoms with Gasteiger partial charge >= 0.3 is 5.97 Å². The highest BCUT2D eigenvalue weighted by molar-refractivity contribution is 5.67. The molecule has 6 heteroatoms. The van der Waals surface area contributed by atoms with Crippen molar-refractivity contribution in [1.82, 2.24) is 10.1 Å². The Bertz CT molecular complexity index is 592. The van der Waals surface area contributed by atoms with Gasteiger partial charge in [0, 0.05) is 6.42 Å². The summed E-state index contributed by atoms with van der Waals surface area (Å²) in [7, 11) is 1.57. The molecular weight excluding hydrogens is 248 g/mol. The van der Waals surface area contributed by atoms with Gasteiger partial charge in [-0.1, -0.05) is 16.8 Å². The third kappa shape index (κ3) is 3.09. The Labute approximate surface area is 110 Å². The summed E-state index contributed by atoms with van der Waals surface area (Å²) in [5.41, 5.74) is 1.78. The molecule has 0 radical (unpaired) electrons. The van der Waals surface area contributed by atoms with Crippen molar-refractivity contribution in [3.63, 3.8) is 0 Å². The van der Waals surface area contributed by atoms with Crippen LogP contribution in [0.3, 0.4) is 0 Å². The van der Waals surface area contributed by atoms with Gasteiger partial charge in [0.05, 0.1) is 19.1 Å². The molecule has 6 nitrogen and oxygen atoms in total. The molecule has 19 heavy (non-hydrogen) atoms. The van der Waals surface area contributed by atoms with Gasteiger partial charge in [-0.25, -0.2) is 0 Å². The summed E-state index contributed by atoms with van der Waals surface area (Å²) in [5, 5.41) is 12.5. The Balaban J connectivity index is 2.27. The molecule has 0 aliphatic rings. The van der Waals surface area contributed by atoms with Crippen molar-refractivity contribution in [2.75, 3.05) is 7.11 Å². The first-order valence-electron chi connectivity index (χ1n) is 5.79. The number of ether oxygens (including phenoxy) is 1. The van der Waals surface area contributed by atoms with Gasteiger partial charge < -0.3 is 14.4 Å². The normalized spacial score (nSPS) is 10.4. The summed E-state index contributed by atoms with van der Waals surface area (Å²) >= 11 is 0. The standard InChI is InChI=1S/C13H14N2O4/c1-8-3-4-10(18-2)9(7-8)13-14-11(19-15-13)5-6-12(16)17/h3-4,7H,5-6H2,1-2H3,(H,16,17). The van der Waals surface area contributed by atoms with Crippen molar-refractivity contribution in [3.05, 3.63) is 29.7 Å². The minimum atomic E-state index is -0.895. The summed E-state index contributed by atoms with van der Waals surface area (Å²) in [4.78, 5) is 14.7. The van der Waals surface area contributed by atoms with E-state index in [1.807, 2.05) is 25.1 Å². The molecule has 0 unspecified atom stereocenters. The summed E-state index contributed by atoms with van der Waals surface area (Å²) in [6, 6.07) is 5.65. The number of carbonyl (C=O) groups is 1. The van der Waals surface area contributed by atoms with Crippen molar-refractivity contribution >= 4 is 5.97 Å². The first kappa shape index (κ1) is 13.1. The number of aromatic nitrogens is 2. The van der Waals surface area contributed by atoms with Crippen LogP contribution >= 0.6 is 0 Å². The molecule has 1 heterocycles. The van der Waals surface area contributed by atoms with Gasteiger partial charge in [0.15, 0.2) is 0 Å². The Morgan fingerprint density at radius 1 is 1.47 bits per heavy atom. The Hall–Kier alpha value is -2.37. The SMILES string of the molecule is COc1ccc(C)cc1-c1noc(CCC(=O)O)n1. The minimum absolute atomic E-state index is 0.0351. The summed E-state index contributed by atoms with van der Waals surface area (Å²) < 4.78 is 10.3. The molecule has 0 bridgehead atoms. The van der Waals surface area contributed by atoms with Crippen LogP contribution in [0.2, 0.25) is 0 Å². The highest BCUT2D eigenvalue weighted by atomic mass is 16.5. The van der Waals surface area contributed by atoms with Crippen molar-refractivity contribution in [2.45, 2.75) is 19.8 Å². The van der Waals surface area contributed by atoms with Gasteiger partial charge in [0.2, 0.25) is 11.7 Å². The zero-order chi connectivity index (χ0) is 13.8. The molecule has 0 spiro atoms. The van der Waals surface area contributed by atoms with Crippen molar-refractivity contribution in [2.24, 2.45) is 0 Å². The number of hydrogen-bond acceptors (Lipinski definition) is 5. The number of carboxylic acids is 1. The molecule has 1 aromatic heterocycles. The van der Waals surface area contributed by atoms with E-state index >= 15 is 0 Å². The molecule has 2 rings (SSSR count). The maximum absolute atomic E-state index is 10.5. The van der Waals surface area contributed by atoms with E-state index in [1.54, 1.807) is 7.11 Å². The van der Waals surface area contributed by atoms with Gasteiger partial charge in [0.25, 0.3) is 0 Å². The lowest BCUT2D eigenvalue weighted by Crippen LogP contribution is -1.97. The lowest BCUT2D eigenvalue weighted by Gasteiger charge is -2.05. The largest absolute Gasteiger partial charge is 0.496 e. The van der Waals surface area contributed by atoms with E-state index in [4.69, 9.17) is 14.4 Å². The molecule has 0 amide bonds. The molecule has 0 saturated heterocycles. The van der Waals surface area contributed by atoms with Crippen LogP contribution in [0.5, 0.6) is 5.75 Å². The van der Waals surface area contributed by atoms with E-state index in [1.165, 1.54) is 0 Å². The number of benzene rings is 1. The number of methoxy groups -OCH3 is 1. The van der Waals surface area contributed by atoms with Crippen molar-refractivity contribution in [3.8, 4) is 17.1 Å². The predicted octanol–water partition coefficient (Wildman–Crippen LogP) is 2.07. The second-order valence-corrected chi connectivity index (χ2v) is 4.11. The van der Waals surface area contributed by atoms with Crippen molar-refractivity contribution < 1.29 is 19.2 Å². The zero-order valence-corrected chi connectivity index (χ0v) is 10.7. The third-order valence-corrected chi connectivity index (χ3v) is 2.62. The molecule has 100 valence electrons. The first-order valence-corrected chi connectivity index (χ1v) is 5.79. The Kier molecular flexibility index (Phi) is 3.79. The average molecular weight is 262 g/mol. The summed E-state index contributed by atoms with van der Waals surface area (Å²) in [6.07, 6.45) is 0.184. The molecule has 1 aromatic carbocycles. The number of carboxylic acid groups (broad SMARTS) is 1. The van der Waals surface area contributed by atoms with Crippen LogP contribution < -0.4 is 4.74 Å². The molecular formula is C13H14N2O4. The fraction of sp³-hybridized carbons (Fsp3) is 0.308. The molecule has 0 fully saturated rings. The molecule has 1 N–H and O–H groups in total. The van der Waals surface area contributed by atoms with Crippen LogP contribution in [0, 0.1) is 6.92 Å². The predicted molar refractivity (Wildman–Crippen MR) is 67.0 cm³/mol. The van der Waals surface area contributed by atoms with E-state index in [2.05, 4.69) is 10.1 Å². The van der Waals surface area contributed by atoms with Gasteiger partial charge in [-0.2, -0.15) is 4.98 Å². The van der Waals surface area contributed by atoms with E-state index in [0.717, 1.165) is 11.1 Å². The third-order valence-electron chi connectivity index (χ3n) is 2.62. The highest BCUT2D eigenvalue weighted by Gasteiger charge is 2.14. The molecule has 2 aromatic rings. The summed E-state index contributed by atoms with van der Waals surface area (Å²) in [5.74, 6) is 0.464. The van der Waals surface area contributed by atoms with E-state index in [0.29, 0.717) is 17.5 Å². The highest BCUT2D eigenvalue weighted by Crippen LogP contribution is 2.28. The van der Waals surface area contributed by atoms with Crippen LogP contribution in [0.4, 0.5) is 0 Å². The van der Waals surface area contributed by atoms with Crippen LogP contribution in [-0.4, -0.2) is 28.3 Å². The first-order chi connectivity index (χ1) is 9.10. The van der Waals surface area contributed by atoms with Crippen LogP contribution in [0.25, 0.3) is 11.4 Å². The molecule has 0 aliphatic heterocycles. The smallest absolute Gasteiger partial charge is 0.303 e. The molecule has 0 aliphatic carbocycles. The topological polar surface area (TPSA) is 85.5 Å². The van der Waals surface area contributed by atoms with E-state index < -0.39 is 5.97 Å². The lowest BCUT2D eigenvalue weighted by molar-refractivity contribution is -0.137. The van der Waals surface area contributed by atoms with Gasteiger partial charge in [0.1, 0.15) is 5.75 Å². The second-order valence-electron chi connectivity index (χ2n) is 4.11. The fourth-order valence-electron chi connectivity index (χ4n) is 1.68.